The van der Waals surface area contributed by atoms with E-state index in [9.17, 15) is 0 Å². The molecule has 0 amide bonds. The predicted molar refractivity (Wildman–Crippen MR) is 94.8 cm³/mol. The Morgan fingerprint density at radius 2 is 1.58 bits per heavy atom. The predicted octanol–water partition coefficient (Wildman–Crippen LogP) is 0.0791. The lowest BCUT2D eigenvalue weighted by atomic mass is 10.2. The Bertz CT molecular complexity index is 579. The molecule has 0 aliphatic rings. The van der Waals surface area contributed by atoms with Gasteiger partial charge in [0.2, 0.25) is 0 Å². The number of aliphatic hydroxyl groups is 2. The van der Waals surface area contributed by atoms with E-state index in [0.717, 1.165) is 5.56 Å². The van der Waals surface area contributed by atoms with Crippen molar-refractivity contribution in [1.29, 1.82) is 0 Å². The molecule has 0 fully saturated rings. The molecular weight excluding hydrogens is 343 g/mol. The van der Waals surface area contributed by atoms with E-state index in [1.54, 1.807) is 30.5 Å². The first kappa shape index (κ1) is 21.8. The van der Waals surface area contributed by atoms with Crippen molar-refractivity contribution < 1.29 is 34.6 Å². The van der Waals surface area contributed by atoms with Crippen LogP contribution >= 0.6 is 0 Å². The normalized spacial score (nSPS) is 9.88. The summed E-state index contributed by atoms with van der Waals surface area (Å²) in [6.45, 7) is 1.98. The molecule has 4 N–H and O–H groups in total. The molecule has 0 saturated carbocycles. The fourth-order valence-electron chi connectivity index (χ4n) is 1.62. The molecular formula is C16H23BN2O7. The molecule has 1 aromatic heterocycles. The second-order valence-corrected chi connectivity index (χ2v) is 4.82. The molecule has 0 spiro atoms. The van der Waals surface area contributed by atoms with E-state index in [-0.39, 0.29) is 32.3 Å². The van der Waals surface area contributed by atoms with Gasteiger partial charge >= 0.3 is 7.32 Å². The minimum atomic E-state index is -1.80. The Labute approximate surface area is 152 Å². The molecule has 10 heteroatoms. The molecule has 0 aliphatic heterocycles. The standard InChI is InChI=1S/C10H15NO4.C6H8BNO3/c12-6-8-14-11(15-9-7-13)10-4-2-1-3-5-10;1-5-2-3-6(8-4-5)11-7(9)10/h1-5,12-13H,6-9H2;2-4,9-10H,1H3. The van der Waals surface area contributed by atoms with E-state index in [4.69, 9.17) is 29.9 Å². The maximum atomic E-state index is 8.63. The Morgan fingerprint density at radius 3 is 2.04 bits per heavy atom. The van der Waals surface area contributed by atoms with Crippen LogP contribution in [0.25, 0.3) is 0 Å². The maximum absolute atomic E-state index is 8.63. The zero-order valence-electron chi connectivity index (χ0n) is 14.4. The van der Waals surface area contributed by atoms with Gasteiger partial charge in [0, 0.05) is 6.20 Å². The van der Waals surface area contributed by atoms with Crippen LogP contribution in [0.15, 0.2) is 48.7 Å². The quantitative estimate of drug-likeness (QED) is 0.361. The summed E-state index contributed by atoms with van der Waals surface area (Å²) in [6, 6.07) is 12.5. The van der Waals surface area contributed by atoms with Crippen molar-refractivity contribution >= 4 is 13.0 Å². The van der Waals surface area contributed by atoms with Crippen molar-refractivity contribution in [3.63, 3.8) is 0 Å². The van der Waals surface area contributed by atoms with E-state index in [0.29, 0.717) is 5.69 Å². The molecule has 142 valence electrons. The van der Waals surface area contributed by atoms with Gasteiger partial charge in [0.25, 0.3) is 0 Å². The Morgan fingerprint density at radius 1 is 0.962 bits per heavy atom. The molecule has 2 aromatic rings. The van der Waals surface area contributed by atoms with Crippen molar-refractivity contribution in [3.8, 4) is 5.88 Å². The lowest BCUT2D eigenvalue weighted by Crippen LogP contribution is -2.26. The summed E-state index contributed by atoms with van der Waals surface area (Å²) in [6.07, 6.45) is 1.58. The zero-order chi connectivity index (χ0) is 19.2. The minimum Gasteiger partial charge on any atom is -0.498 e. The van der Waals surface area contributed by atoms with Crippen LogP contribution in [0.5, 0.6) is 5.88 Å². The van der Waals surface area contributed by atoms with E-state index >= 15 is 0 Å². The highest BCUT2D eigenvalue weighted by atomic mass is 16.9. The third-order valence-electron chi connectivity index (χ3n) is 2.68. The molecule has 2 rings (SSSR count). The summed E-state index contributed by atoms with van der Waals surface area (Å²) in [4.78, 5) is 14.0. The van der Waals surface area contributed by atoms with Crippen LogP contribution in [0.3, 0.4) is 0 Å². The van der Waals surface area contributed by atoms with Gasteiger partial charge in [-0.1, -0.05) is 24.3 Å². The molecule has 0 radical (unpaired) electrons. The highest BCUT2D eigenvalue weighted by Crippen LogP contribution is 2.13. The van der Waals surface area contributed by atoms with Gasteiger partial charge in [0.15, 0.2) is 5.88 Å². The fraction of sp³-hybridized carbons (Fsp3) is 0.312. The molecule has 9 nitrogen and oxygen atoms in total. The fourth-order valence-corrected chi connectivity index (χ4v) is 1.62. The second kappa shape index (κ2) is 13.1. The molecule has 0 bridgehead atoms. The number of benzene rings is 1. The van der Waals surface area contributed by atoms with Crippen molar-refractivity contribution in [2.24, 2.45) is 0 Å². The third-order valence-corrected chi connectivity index (χ3v) is 2.68. The lowest BCUT2D eigenvalue weighted by Gasteiger charge is -2.21. The summed E-state index contributed by atoms with van der Waals surface area (Å²) in [7, 11) is -1.80. The van der Waals surface area contributed by atoms with Gasteiger partial charge in [0.05, 0.1) is 18.9 Å². The van der Waals surface area contributed by atoms with Crippen LogP contribution in [-0.4, -0.2) is 59.0 Å². The Hall–Kier alpha value is -2.21. The largest absolute Gasteiger partial charge is 0.708 e. The van der Waals surface area contributed by atoms with Crippen LogP contribution in [0.2, 0.25) is 0 Å². The highest BCUT2D eigenvalue weighted by Gasteiger charge is 2.11. The number of aliphatic hydroxyl groups excluding tert-OH is 2. The molecule has 1 aromatic carbocycles. The van der Waals surface area contributed by atoms with Gasteiger partial charge in [-0.15, -0.1) is 5.23 Å². The molecule has 0 atom stereocenters. The smallest absolute Gasteiger partial charge is 0.498 e. The number of rotatable bonds is 9. The summed E-state index contributed by atoms with van der Waals surface area (Å²) in [5, 5.41) is 35.2. The average Bonchev–Trinajstić information content (AvgIpc) is 2.65. The summed E-state index contributed by atoms with van der Waals surface area (Å²) in [5.41, 5.74) is 1.70. The number of anilines is 1. The van der Waals surface area contributed by atoms with E-state index in [2.05, 4.69) is 9.64 Å². The molecule has 0 aliphatic carbocycles. The number of aryl methyl sites for hydroxylation is 1. The molecule has 1 heterocycles. The van der Waals surface area contributed by atoms with Gasteiger partial charge in [-0.25, -0.2) is 14.7 Å². The highest BCUT2D eigenvalue weighted by molar-refractivity contribution is 6.33. The van der Waals surface area contributed by atoms with Crippen molar-refractivity contribution in [2.45, 2.75) is 6.92 Å². The van der Waals surface area contributed by atoms with Crippen LogP contribution in [0.1, 0.15) is 5.56 Å². The van der Waals surface area contributed by atoms with Gasteiger partial charge < -0.3 is 24.9 Å². The molecule has 26 heavy (non-hydrogen) atoms. The van der Waals surface area contributed by atoms with Crippen molar-refractivity contribution in [3.05, 3.63) is 54.2 Å². The SMILES string of the molecule is Cc1ccc(OB(O)O)nc1.OCCON(OCCO)c1ccccc1. The van der Waals surface area contributed by atoms with E-state index < -0.39 is 7.32 Å². The summed E-state index contributed by atoms with van der Waals surface area (Å²) in [5.74, 6) is 0.200. The lowest BCUT2D eigenvalue weighted by molar-refractivity contribution is -0.103. The Balaban J connectivity index is 0.000000273. The van der Waals surface area contributed by atoms with Crippen molar-refractivity contribution in [2.75, 3.05) is 31.7 Å². The monoisotopic (exact) mass is 366 g/mol. The Kier molecular flexibility index (Phi) is 11.0. The van der Waals surface area contributed by atoms with E-state index in [1.807, 2.05) is 25.1 Å². The first-order valence-corrected chi connectivity index (χ1v) is 7.85. The van der Waals surface area contributed by atoms with Crippen LogP contribution in [0.4, 0.5) is 5.69 Å². The number of pyridine rings is 1. The number of para-hydroxylation sites is 1. The van der Waals surface area contributed by atoms with Crippen molar-refractivity contribution in [1.82, 2.24) is 4.98 Å². The van der Waals surface area contributed by atoms with Gasteiger partial charge in [0.1, 0.15) is 13.2 Å². The molecule has 0 unspecified atom stereocenters. The summed E-state index contributed by atoms with van der Waals surface area (Å²) >= 11 is 0. The second-order valence-electron chi connectivity index (χ2n) is 4.82. The van der Waals surface area contributed by atoms with Gasteiger partial charge in [-0.3, -0.25) is 0 Å². The third kappa shape index (κ3) is 9.32. The number of aromatic nitrogens is 1. The topological polar surface area (TPSA) is 125 Å². The van der Waals surface area contributed by atoms with Crippen LogP contribution < -0.4 is 9.88 Å². The van der Waals surface area contributed by atoms with Gasteiger partial charge in [-0.05, 0) is 30.7 Å². The van der Waals surface area contributed by atoms with E-state index in [1.165, 1.54) is 5.23 Å². The van der Waals surface area contributed by atoms with Gasteiger partial charge in [-0.2, -0.15) is 0 Å². The first-order chi connectivity index (χ1) is 12.6. The average molecular weight is 366 g/mol. The number of nitrogens with zero attached hydrogens (tertiary/aromatic N) is 2. The van der Waals surface area contributed by atoms with Crippen LogP contribution in [0, 0.1) is 6.92 Å². The first-order valence-electron chi connectivity index (χ1n) is 7.85. The number of hydrogen-bond donors (Lipinski definition) is 4. The maximum Gasteiger partial charge on any atom is 0.708 e. The molecule has 0 saturated heterocycles. The zero-order valence-corrected chi connectivity index (χ0v) is 14.4. The minimum absolute atomic E-state index is 0.0914. The van der Waals surface area contributed by atoms with Crippen LogP contribution in [-0.2, 0) is 9.68 Å². The summed E-state index contributed by atoms with van der Waals surface area (Å²) < 4.78 is 4.47. The number of hydrogen-bond acceptors (Lipinski definition) is 9.